The lowest BCUT2D eigenvalue weighted by molar-refractivity contribution is -0.387. The Kier molecular flexibility index (Phi) is 5.40. The van der Waals surface area contributed by atoms with E-state index in [0.717, 1.165) is 22.5 Å². The number of sulfonamides is 1. The Morgan fingerprint density at radius 1 is 1.29 bits per heavy atom. The molecule has 0 aromatic heterocycles. The van der Waals surface area contributed by atoms with E-state index in [4.69, 9.17) is 0 Å². The normalized spacial score (nSPS) is 17.4. The molecule has 0 radical (unpaired) electrons. The third kappa shape index (κ3) is 4.01. The van der Waals surface area contributed by atoms with E-state index in [0.29, 0.717) is 6.42 Å². The number of nitro benzene ring substituents is 1. The van der Waals surface area contributed by atoms with E-state index < -0.39 is 38.5 Å². The number of β-amino-alcohol motifs (C(OH)–C–C–N with tert-alkyl or cyclic N) is 1. The van der Waals surface area contributed by atoms with Crippen LogP contribution in [0.2, 0.25) is 0 Å². The fourth-order valence-corrected chi connectivity index (χ4v) is 4.35. The van der Waals surface area contributed by atoms with Crippen molar-refractivity contribution in [2.45, 2.75) is 17.4 Å². The van der Waals surface area contributed by atoms with Gasteiger partial charge in [-0.25, -0.2) is 8.42 Å². The largest absolute Gasteiger partial charge is 0.392 e. The Bertz CT molecular complexity index is 1040. The first-order valence-electron chi connectivity index (χ1n) is 8.22. The van der Waals surface area contributed by atoms with Gasteiger partial charge in [0.2, 0.25) is 15.8 Å². The number of carbonyl (C=O) groups is 1. The summed E-state index contributed by atoms with van der Waals surface area (Å²) in [6.45, 7) is 0.164. The molecule has 0 aliphatic carbocycles. The number of benzene rings is 2. The van der Waals surface area contributed by atoms with Crippen LogP contribution in [0.15, 0.2) is 47.4 Å². The number of carbonyl (C=O) groups excluding carboxylic acids is 1. The second-order valence-corrected chi connectivity index (χ2v) is 8.15. The minimum Gasteiger partial charge on any atom is -0.392 e. The van der Waals surface area contributed by atoms with E-state index in [1.807, 2.05) is 0 Å². The molecule has 28 heavy (non-hydrogen) atoms. The number of nitrogens with zero attached hydrogens (tertiary/aromatic N) is 2. The molecule has 0 saturated carbocycles. The van der Waals surface area contributed by atoms with Crippen molar-refractivity contribution >= 4 is 27.3 Å². The van der Waals surface area contributed by atoms with Crippen LogP contribution in [0.5, 0.6) is 0 Å². The van der Waals surface area contributed by atoms with Gasteiger partial charge < -0.3 is 10.4 Å². The van der Waals surface area contributed by atoms with Gasteiger partial charge in [0.05, 0.1) is 15.9 Å². The number of halogens is 1. The van der Waals surface area contributed by atoms with Crippen LogP contribution in [0.3, 0.4) is 0 Å². The summed E-state index contributed by atoms with van der Waals surface area (Å²) in [6.07, 6.45) is -0.390. The fraction of sp³-hybridized carbons (Fsp3) is 0.235. The average molecular weight is 409 g/mol. The van der Waals surface area contributed by atoms with Gasteiger partial charge in [0.1, 0.15) is 0 Å². The molecule has 1 atom stereocenters. The Hall–Kier alpha value is -2.89. The predicted octanol–water partition coefficient (Wildman–Crippen LogP) is 1.74. The molecular weight excluding hydrogens is 393 g/mol. The second kappa shape index (κ2) is 7.62. The monoisotopic (exact) mass is 409 g/mol. The van der Waals surface area contributed by atoms with E-state index >= 15 is 0 Å². The van der Waals surface area contributed by atoms with Crippen molar-refractivity contribution < 1.29 is 27.6 Å². The molecule has 2 aromatic rings. The van der Waals surface area contributed by atoms with Crippen molar-refractivity contribution in [1.29, 1.82) is 0 Å². The highest BCUT2D eigenvalue weighted by Crippen LogP contribution is 2.24. The van der Waals surface area contributed by atoms with Gasteiger partial charge in [0.15, 0.2) is 0 Å². The van der Waals surface area contributed by atoms with Gasteiger partial charge in [0, 0.05) is 30.4 Å². The predicted molar refractivity (Wildman–Crippen MR) is 96.8 cm³/mol. The number of amides is 1. The number of hydrogen-bond donors (Lipinski definition) is 2. The minimum absolute atomic E-state index is 0.00553. The number of anilines is 1. The number of rotatable bonds is 5. The van der Waals surface area contributed by atoms with Gasteiger partial charge in [-0.1, -0.05) is 6.07 Å². The molecule has 1 amide bonds. The summed E-state index contributed by atoms with van der Waals surface area (Å²) in [4.78, 5) is 22.2. The molecule has 1 unspecified atom stereocenters. The zero-order chi connectivity index (χ0) is 20.5. The van der Waals surface area contributed by atoms with Crippen molar-refractivity contribution in [3.05, 3.63) is 64.0 Å². The van der Waals surface area contributed by atoms with E-state index in [1.165, 1.54) is 24.3 Å². The summed E-state index contributed by atoms with van der Waals surface area (Å²) in [6, 6.07) is 8.17. The maximum atomic E-state index is 13.4. The molecule has 1 saturated heterocycles. The zero-order valence-corrected chi connectivity index (χ0v) is 15.2. The van der Waals surface area contributed by atoms with E-state index in [9.17, 15) is 32.8 Å². The third-order valence-corrected chi connectivity index (χ3v) is 6.12. The van der Waals surface area contributed by atoms with Gasteiger partial charge in [-0.15, -0.1) is 0 Å². The Balaban J connectivity index is 1.83. The molecular formula is C17H16FN3O6S. The van der Waals surface area contributed by atoms with E-state index in [1.54, 1.807) is 0 Å². The molecule has 1 heterocycles. The van der Waals surface area contributed by atoms with Crippen LogP contribution in [0.25, 0.3) is 0 Å². The summed E-state index contributed by atoms with van der Waals surface area (Å²) in [5, 5.41) is 22.7. The fourth-order valence-electron chi connectivity index (χ4n) is 2.81. The first-order valence-corrected chi connectivity index (χ1v) is 9.66. The highest BCUT2D eigenvalue weighted by Gasteiger charge is 2.32. The first-order chi connectivity index (χ1) is 13.2. The summed E-state index contributed by atoms with van der Waals surface area (Å²) in [5.41, 5.74) is -0.788. The SMILES string of the molecule is O=C(Nc1ccc(F)c([N+](=O)[O-])c1)c1cccc(S(=O)(=O)N2CCC(O)C2)c1. The zero-order valence-electron chi connectivity index (χ0n) is 14.4. The smallest absolute Gasteiger partial charge is 0.306 e. The summed E-state index contributed by atoms with van der Waals surface area (Å²) in [5.74, 6) is -1.75. The highest BCUT2D eigenvalue weighted by atomic mass is 32.2. The van der Waals surface area contributed by atoms with E-state index in [2.05, 4.69) is 5.32 Å². The van der Waals surface area contributed by atoms with Gasteiger partial charge >= 0.3 is 5.69 Å². The van der Waals surface area contributed by atoms with Crippen LogP contribution < -0.4 is 5.32 Å². The lowest BCUT2D eigenvalue weighted by Crippen LogP contribution is -2.29. The summed E-state index contributed by atoms with van der Waals surface area (Å²) >= 11 is 0. The van der Waals surface area contributed by atoms with Crippen molar-refractivity contribution in [2.24, 2.45) is 0 Å². The van der Waals surface area contributed by atoms with Crippen LogP contribution in [0.4, 0.5) is 15.8 Å². The Labute approximate surface area is 159 Å². The number of hydrogen-bond acceptors (Lipinski definition) is 6. The molecule has 11 heteroatoms. The lowest BCUT2D eigenvalue weighted by Gasteiger charge is -2.16. The molecule has 3 rings (SSSR count). The van der Waals surface area contributed by atoms with Crippen LogP contribution in [0.1, 0.15) is 16.8 Å². The van der Waals surface area contributed by atoms with Crippen LogP contribution in [-0.4, -0.2) is 47.9 Å². The topological polar surface area (TPSA) is 130 Å². The van der Waals surface area contributed by atoms with Crippen LogP contribution in [-0.2, 0) is 10.0 Å². The average Bonchev–Trinajstić information content (AvgIpc) is 3.10. The molecule has 1 fully saturated rings. The Morgan fingerprint density at radius 3 is 2.68 bits per heavy atom. The maximum Gasteiger partial charge on any atom is 0.306 e. The molecule has 0 spiro atoms. The van der Waals surface area contributed by atoms with Crippen molar-refractivity contribution in [2.75, 3.05) is 18.4 Å². The quantitative estimate of drug-likeness (QED) is 0.572. The lowest BCUT2D eigenvalue weighted by atomic mass is 10.2. The molecule has 2 N–H and O–H groups in total. The second-order valence-electron chi connectivity index (χ2n) is 6.21. The molecule has 148 valence electrons. The van der Waals surface area contributed by atoms with Gasteiger partial charge in [0.25, 0.3) is 5.91 Å². The molecule has 0 bridgehead atoms. The number of nitrogens with one attached hydrogen (secondary N) is 1. The molecule has 1 aliphatic rings. The molecule has 2 aromatic carbocycles. The van der Waals surface area contributed by atoms with Crippen molar-refractivity contribution in [1.82, 2.24) is 4.31 Å². The third-order valence-electron chi connectivity index (χ3n) is 4.26. The van der Waals surface area contributed by atoms with E-state index in [-0.39, 0.29) is 29.2 Å². The molecule has 1 aliphatic heterocycles. The Morgan fingerprint density at radius 2 is 2.04 bits per heavy atom. The maximum absolute atomic E-state index is 13.4. The molecule has 9 nitrogen and oxygen atoms in total. The first kappa shape index (κ1) is 19.9. The van der Waals surface area contributed by atoms with Gasteiger partial charge in [-0.3, -0.25) is 14.9 Å². The number of nitro groups is 1. The summed E-state index contributed by atoms with van der Waals surface area (Å²) in [7, 11) is -3.87. The standard InChI is InChI=1S/C17H16FN3O6S/c18-15-5-4-12(9-16(15)21(24)25)19-17(23)11-2-1-3-14(8-11)28(26,27)20-7-6-13(22)10-20/h1-5,8-9,13,22H,6-7,10H2,(H,19,23). The van der Waals surface area contributed by atoms with Crippen LogP contribution in [0, 0.1) is 15.9 Å². The number of aliphatic hydroxyl groups is 1. The highest BCUT2D eigenvalue weighted by molar-refractivity contribution is 7.89. The van der Waals surface area contributed by atoms with Crippen molar-refractivity contribution in [3.63, 3.8) is 0 Å². The van der Waals surface area contributed by atoms with Crippen molar-refractivity contribution in [3.8, 4) is 0 Å². The summed E-state index contributed by atoms with van der Waals surface area (Å²) < 4.78 is 39.8. The minimum atomic E-state index is -3.87. The number of aliphatic hydroxyl groups excluding tert-OH is 1. The van der Waals surface area contributed by atoms with Gasteiger partial charge in [-0.2, -0.15) is 8.70 Å². The van der Waals surface area contributed by atoms with Gasteiger partial charge in [-0.05, 0) is 36.8 Å². The van der Waals surface area contributed by atoms with Crippen LogP contribution >= 0.6 is 0 Å².